The number of nitrogens with zero attached hydrogens (tertiary/aromatic N) is 1. The van der Waals surface area contributed by atoms with E-state index in [4.69, 9.17) is 5.73 Å². The lowest BCUT2D eigenvalue weighted by Gasteiger charge is -2.45. The van der Waals surface area contributed by atoms with E-state index in [-0.39, 0.29) is 0 Å². The normalized spacial score (nSPS) is 30.2. The number of rotatable bonds is 4. The van der Waals surface area contributed by atoms with Crippen LogP contribution in [0.5, 0.6) is 0 Å². The SMILES string of the molecule is NCCCC1CCCCN1C1CCC1. The van der Waals surface area contributed by atoms with Gasteiger partial charge in [-0.1, -0.05) is 12.8 Å². The Kier molecular flexibility index (Phi) is 3.82. The Morgan fingerprint density at radius 3 is 2.57 bits per heavy atom. The summed E-state index contributed by atoms with van der Waals surface area (Å²) in [4.78, 5) is 2.79. The van der Waals surface area contributed by atoms with Crippen molar-refractivity contribution in [3.05, 3.63) is 0 Å². The molecular weight excluding hydrogens is 172 g/mol. The van der Waals surface area contributed by atoms with Crippen LogP contribution in [0.15, 0.2) is 0 Å². The van der Waals surface area contributed by atoms with Crippen molar-refractivity contribution in [1.82, 2.24) is 4.90 Å². The Morgan fingerprint density at radius 1 is 1.07 bits per heavy atom. The third-order valence-electron chi connectivity index (χ3n) is 3.96. The Bertz CT molecular complexity index is 166. The smallest absolute Gasteiger partial charge is 0.00986 e. The van der Waals surface area contributed by atoms with E-state index in [1.54, 1.807) is 0 Å². The molecule has 0 aromatic carbocycles. The summed E-state index contributed by atoms with van der Waals surface area (Å²) in [6.07, 6.45) is 11.2. The summed E-state index contributed by atoms with van der Waals surface area (Å²) in [6.45, 7) is 2.23. The number of likely N-dealkylation sites (tertiary alicyclic amines) is 1. The van der Waals surface area contributed by atoms with E-state index in [2.05, 4.69) is 4.90 Å². The van der Waals surface area contributed by atoms with Crippen LogP contribution in [-0.4, -0.2) is 30.1 Å². The molecule has 1 aliphatic heterocycles. The largest absolute Gasteiger partial charge is 0.330 e. The van der Waals surface area contributed by atoms with Gasteiger partial charge in [0.25, 0.3) is 0 Å². The van der Waals surface area contributed by atoms with E-state index in [1.807, 2.05) is 0 Å². The van der Waals surface area contributed by atoms with Gasteiger partial charge in [0.1, 0.15) is 0 Å². The van der Waals surface area contributed by atoms with Gasteiger partial charge in [0.05, 0.1) is 0 Å². The lowest BCUT2D eigenvalue weighted by atomic mass is 9.86. The third-order valence-corrected chi connectivity index (χ3v) is 3.96. The first-order valence-electron chi connectivity index (χ1n) is 6.37. The Hall–Kier alpha value is -0.0800. The van der Waals surface area contributed by atoms with Gasteiger partial charge in [0.2, 0.25) is 0 Å². The number of nitrogens with two attached hydrogens (primary N) is 1. The van der Waals surface area contributed by atoms with Gasteiger partial charge in [-0.15, -0.1) is 0 Å². The topological polar surface area (TPSA) is 29.3 Å². The van der Waals surface area contributed by atoms with Crippen molar-refractivity contribution in [3.8, 4) is 0 Å². The molecule has 82 valence electrons. The van der Waals surface area contributed by atoms with E-state index in [0.29, 0.717) is 0 Å². The molecule has 2 fully saturated rings. The summed E-state index contributed by atoms with van der Waals surface area (Å²) in [5.74, 6) is 0. The van der Waals surface area contributed by atoms with Gasteiger partial charge in [-0.05, 0) is 51.6 Å². The first-order valence-corrected chi connectivity index (χ1v) is 6.37. The molecule has 2 rings (SSSR count). The maximum absolute atomic E-state index is 5.60. The molecule has 0 aromatic rings. The van der Waals surface area contributed by atoms with Crippen LogP contribution in [0.25, 0.3) is 0 Å². The second-order valence-corrected chi connectivity index (χ2v) is 4.90. The van der Waals surface area contributed by atoms with Crippen LogP contribution in [0.1, 0.15) is 51.4 Å². The number of piperidine rings is 1. The first-order chi connectivity index (χ1) is 6.92. The lowest BCUT2D eigenvalue weighted by molar-refractivity contribution is 0.0470. The zero-order chi connectivity index (χ0) is 9.80. The fourth-order valence-corrected chi connectivity index (χ4v) is 2.89. The minimum Gasteiger partial charge on any atom is -0.330 e. The predicted molar refractivity (Wildman–Crippen MR) is 60.3 cm³/mol. The molecule has 0 amide bonds. The van der Waals surface area contributed by atoms with E-state index in [9.17, 15) is 0 Å². The molecule has 14 heavy (non-hydrogen) atoms. The third kappa shape index (κ3) is 2.29. The van der Waals surface area contributed by atoms with Gasteiger partial charge >= 0.3 is 0 Å². The van der Waals surface area contributed by atoms with Crippen molar-refractivity contribution in [2.75, 3.05) is 13.1 Å². The molecule has 1 aliphatic carbocycles. The molecule has 2 nitrogen and oxygen atoms in total. The molecule has 0 radical (unpaired) electrons. The number of hydrogen-bond acceptors (Lipinski definition) is 2. The highest BCUT2D eigenvalue weighted by Gasteiger charge is 2.31. The molecule has 1 atom stereocenters. The number of hydrogen-bond donors (Lipinski definition) is 1. The Balaban J connectivity index is 1.82. The fraction of sp³-hybridized carbons (Fsp3) is 1.00. The second kappa shape index (κ2) is 5.13. The van der Waals surface area contributed by atoms with Crippen LogP contribution in [0, 0.1) is 0 Å². The van der Waals surface area contributed by atoms with E-state index < -0.39 is 0 Å². The lowest BCUT2D eigenvalue weighted by Crippen LogP contribution is -2.49. The maximum Gasteiger partial charge on any atom is 0.00986 e. The molecule has 0 aromatic heterocycles. The Morgan fingerprint density at radius 2 is 1.93 bits per heavy atom. The molecule has 0 spiro atoms. The van der Waals surface area contributed by atoms with Crippen LogP contribution in [0.3, 0.4) is 0 Å². The molecule has 1 saturated carbocycles. The standard InChI is InChI=1S/C12H24N2/c13-9-4-8-11-5-1-2-10-14(11)12-6-3-7-12/h11-12H,1-10,13H2. The van der Waals surface area contributed by atoms with E-state index in [0.717, 1.165) is 18.6 Å². The molecule has 1 saturated heterocycles. The Labute approximate surface area is 87.8 Å². The predicted octanol–water partition coefficient (Wildman–Crippen LogP) is 2.13. The molecule has 2 aliphatic rings. The molecular formula is C12H24N2. The quantitative estimate of drug-likeness (QED) is 0.746. The van der Waals surface area contributed by atoms with Gasteiger partial charge in [-0.25, -0.2) is 0 Å². The van der Waals surface area contributed by atoms with Crippen LogP contribution >= 0.6 is 0 Å². The summed E-state index contributed by atoms with van der Waals surface area (Å²) in [7, 11) is 0. The molecule has 2 heteroatoms. The average Bonchev–Trinajstić information content (AvgIpc) is 2.14. The van der Waals surface area contributed by atoms with Crippen molar-refractivity contribution in [2.45, 2.75) is 63.5 Å². The zero-order valence-electron chi connectivity index (χ0n) is 9.25. The van der Waals surface area contributed by atoms with Gasteiger partial charge < -0.3 is 5.73 Å². The molecule has 2 N–H and O–H groups in total. The van der Waals surface area contributed by atoms with Crippen molar-refractivity contribution in [3.63, 3.8) is 0 Å². The summed E-state index contributed by atoms with van der Waals surface area (Å²) >= 11 is 0. The van der Waals surface area contributed by atoms with Crippen LogP contribution in [0.2, 0.25) is 0 Å². The molecule has 0 bridgehead atoms. The zero-order valence-corrected chi connectivity index (χ0v) is 9.25. The van der Waals surface area contributed by atoms with E-state index >= 15 is 0 Å². The van der Waals surface area contributed by atoms with Crippen molar-refractivity contribution >= 4 is 0 Å². The highest BCUT2D eigenvalue weighted by molar-refractivity contribution is 4.87. The minimum absolute atomic E-state index is 0.870. The summed E-state index contributed by atoms with van der Waals surface area (Å²) in [5, 5.41) is 0. The monoisotopic (exact) mass is 196 g/mol. The van der Waals surface area contributed by atoms with Crippen LogP contribution in [0.4, 0.5) is 0 Å². The van der Waals surface area contributed by atoms with Crippen LogP contribution in [-0.2, 0) is 0 Å². The van der Waals surface area contributed by atoms with Crippen molar-refractivity contribution in [1.29, 1.82) is 0 Å². The summed E-state index contributed by atoms with van der Waals surface area (Å²) in [6, 6.07) is 1.82. The van der Waals surface area contributed by atoms with Gasteiger partial charge in [0.15, 0.2) is 0 Å². The summed E-state index contributed by atoms with van der Waals surface area (Å²) in [5.41, 5.74) is 5.60. The minimum atomic E-state index is 0.870. The summed E-state index contributed by atoms with van der Waals surface area (Å²) < 4.78 is 0. The van der Waals surface area contributed by atoms with Gasteiger partial charge in [-0.3, -0.25) is 4.90 Å². The first kappa shape index (κ1) is 10.4. The van der Waals surface area contributed by atoms with E-state index in [1.165, 1.54) is 57.9 Å². The van der Waals surface area contributed by atoms with Crippen molar-refractivity contribution in [2.24, 2.45) is 5.73 Å². The molecule has 1 unspecified atom stereocenters. The highest BCUT2D eigenvalue weighted by atomic mass is 15.2. The molecule has 1 heterocycles. The second-order valence-electron chi connectivity index (χ2n) is 4.90. The fourth-order valence-electron chi connectivity index (χ4n) is 2.89. The maximum atomic E-state index is 5.60. The van der Waals surface area contributed by atoms with Crippen molar-refractivity contribution < 1.29 is 0 Å². The highest BCUT2D eigenvalue weighted by Crippen LogP contribution is 2.31. The van der Waals surface area contributed by atoms with Crippen LogP contribution < -0.4 is 5.73 Å². The average molecular weight is 196 g/mol. The van der Waals surface area contributed by atoms with Gasteiger partial charge in [0, 0.05) is 12.1 Å². The van der Waals surface area contributed by atoms with Gasteiger partial charge in [-0.2, -0.15) is 0 Å².